The minimum absolute atomic E-state index is 0.0303. The van der Waals surface area contributed by atoms with Gasteiger partial charge in [-0.2, -0.15) is 0 Å². The van der Waals surface area contributed by atoms with Crippen molar-refractivity contribution in [3.8, 4) is 32.0 Å². The molecule has 0 aliphatic carbocycles. The molecule has 30 heavy (non-hydrogen) atoms. The number of hydrogen-bond donors (Lipinski definition) is 2. The van der Waals surface area contributed by atoms with Gasteiger partial charge in [-0.25, -0.2) is 0 Å². The van der Waals surface area contributed by atoms with Crippen molar-refractivity contribution in [3.63, 3.8) is 0 Å². The molecular formula is C26H23NO2S. The number of nitrogens with one attached hydrogen (secondary N) is 1. The molecule has 0 saturated carbocycles. The zero-order valence-corrected chi connectivity index (χ0v) is 17.6. The van der Waals surface area contributed by atoms with Crippen molar-refractivity contribution in [3.05, 3.63) is 96.1 Å². The SMILES string of the molecule is Cc1c(-c2ccccc2)cccc1-c1ccc(-c2ccc(CNCC(=O)O)cc2)s1. The van der Waals surface area contributed by atoms with Gasteiger partial charge in [0.25, 0.3) is 0 Å². The Balaban J connectivity index is 1.56. The Hall–Kier alpha value is -3.21. The molecule has 3 aromatic carbocycles. The van der Waals surface area contributed by atoms with Gasteiger partial charge in [0.1, 0.15) is 0 Å². The molecule has 4 rings (SSSR count). The Labute approximate surface area is 180 Å². The van der Waals surface area contributed by atoms with Crippen LogP contribution in [0.15, 0.2) is 84.9 Å². The number of hydrogen-bond acceptors (Lipinski definition) is 3. The summed E-state index contributed by atoms with van der Waals surface area (Å²) < 4.78 is 0. The molecule has 0 atom stereocenters. The molecule has 0 aliphatic heterocycles. The number of benzene rings is 3. The standard InChI is InChI=1S/C26H23NO2S/c1-18-22(20-6-3-2-4-7-20)8-5-9-23(18)25-15-14-24(30-25)21-12-10-19(11-13-21)16-27-17-26(28)29/h2-15,27H,16-17H2,1H3,(H,28,29). The van der Waals surface area contributed by atoms with Crippen molar-refractivity contribution in [1.82, 2.24) is 5.32 Å². The van der Waals surface area contributed by atoms with Crippen molar-refractivity contribution in [2.75, 3.05) is 6.54 Å². The van der Waals surface area contributed by atoms with Crippen molar-refractivity contribution in [1.29, 1.82) is 0 Å². The summed E-state index contributed by atoms with van der Waals surface area (Å²) in [6.45, 7) is 2.71. The third-order valence-electron chi connectivity index (χ3n) is 5.13. The summed E-state index contributed by atoms with van der Waals surface area (Å²) in [6.07, 6.45) is 0. The molecule has 0 aliphatic rings. The van der Waals surface area contributed by atoms with Gasteiger partial charge in [-0.15, -0.1) is 11.3 Å². The second-order valence-corrected chi connectivity index (χ2v) is 8.29. The Bertz CT molecular complexity index is 1150. The molecule has 4 heteroatoms. The quantitative estimate of drug-likeness (QED) is 0.377. The first-order valence-electron chi connectivity index (χ1n) is 9.89. The van der Waals surface area contributed by atoms with Crippen molar-refractivity contribution in [2.24, 2.45) is 0 Å². The minimum atomic E-state index is -0.843. The van der Waals surface area contributed by atoms with Crippen LogP contribution in [-0.4, -0.2) is 17.6 Å². The van der Waals surface area contributed by atoms with E-state index in [0.29, 0.717) is 6.54 Å². The number of aliphatic carboxylic acids is 1. The summed E-state index contributed by atoms with van der Waals surface area (Å²) >= 11 is 1.79. The number of carboxylic acids is 1. The van der Waals surface area contributed by atoms with Crippen molar-refractivity contribution in [2.45, 2.75) is 13.5 Å². The number of thiophene rings is 1. The van der Waals surface area contributed by atoms with E-state index in [1.54, 1.807) is 11.3 Å². The van der Waals surface area contributed by atoms with Crippen LogP contribution in [0.5, 0.6) is 0 Å². The first-order chi connectivity index (χ1) is 14.6. The van der Waals surface area contributed by atoms with Gasteiger partial charge in [0.15, 0.2) is 0 Å². The smallest absolute Gasteiger partial charge is 0.317 e. The lowest BCUT2D eigenvalue weighted by atomic mass is 9.96. The minimum Gasteiger partial charge on any atom is -0.480 e. The molecule has 4 aromatic rings. The third-order valence-corrected chi connectivity index (χ3v) is 6.30. The van der Waals surface area contributed by atoms with E-state index >= 15 is 0 Å². The second-order valence-electron chi connectivity index (χ2n) is 7.20. The maximum atomic E-state index is 10.6. The van der Waals surface area contributed by atoms with Gasteiger partial charge < -0.3 is 10.4 Å². The van der Waals surface area contributed by atoms with E-state index < -0.39 is 5.97 Å². The highest BCUT2D eigenvalue weighted by Gasteiger charge is 2.11. The monoisotopic (exact) mass is 413 g/mol. The van der Waals surface area contributed by atoms with E-state index in [9.17, 15) is 4.79 Å². The molecule has 150 valence electrons. The van der Waals surface area contributed by atoms with Crippen LogP contribution in [0.25, 0.3) is 32.0 Å². The normalized spacial score (nSPS) is 10.8. The predicted octanol–water partition coefficient (Wildman–Crippen LogP) is 6.23. The number of rotatable bonds is 7. The summed E-state index contributed by atoms with van der Waals surface area (Å²) in [4.78, 5) is 13.1. The zero-order chi connectivity index (χ0) is 20.9. The number of carbonyl (C=O) groups is 1. The summed E-state index contributed by atoms with van der Waals surface area (Å²) in [7, 11) is 0. The molecule has 0 unspecified atom stereocenters. The molecule has 1 aromatic heterocycles. The van der Waals surface area contributed by atoms with Crippen LogP contribution in [-0.2, 0) is 11.3 Å². The van der Waals surface area contributed by atoms with Crippen molar-refractivity contribution >= 4 is 17.3 Å². The summed E-state index contributed by atoms with van der Waals surface area (Å²) in [5.41, 5.74) is 7.30. The second kappa shape index (κ2) is 9.08. The number of carboxylic acid groups (broad SMARTS) is 1. The van der Waals surface area contributed by atoms with E-state index in [2.05, 4.69) is 79.0 Å². The highest BCUT2D eigenvalue weighted by atomic mass is 32.1. The first-order valence-corrected chi connectivity index (χ1v) is 10.7. The van der Waals surface area contributed by atoms with E-state index in [1.807, 2.05) is 18.2 Å². The third kappa shape index (κ3) is 4.51. The fourth-order valence-electron chi connectivity index (χ4n) is 3.57. The van der Waals surface area contributed by atoms with E-state index in [1.165, 1.54) is 37.6 Å². The van der Waals surface area contributed by atoms with Crippen LogP contribution in [0.3, 0.4) is 0 Å². The molecular weight excluding hydrogens is 390 g/mol. The maximum Gasteiger partial charge on any atom is 0.317 e. The Morgan fingerprint density at radius 1 is 0.800 bits per heavy atom. The van der Waals surface area contributed by atoms with Gasteiger partial charge in [-0.3, -0.25) is 4.79 Å². The summed E-state index contributed by atoms with van der Waals surface area (Å²) in [5.74, 6) is -0.843. The Morgan fingerprint density at radius 2 is 1.50 bits per heavy atom. The molecule has 0 radical (unpaired) electrons. The van der Waals surface area contributed by atoms with E-state index in [-0.39, 0.29) is 6.54 Å². The largest absolute Gasteiger partial charge is 0.480 e. The fourth-order valence-corrected chi connectivity index (χ4v) is 4.67. The lowest BCUT2D eigenvalue weighted by molar-refractivity contribution is -0.135. The molecule has 0 bridgehead atoms. The average molecular weight is 414 g/mol. The summed E-state index contributed by atoms with van der Waals surface area (Å²) in [5, 5.41) is 11.6. The molecule has 0 saturated heterocycles. The van der Waals surface area contributed by atoms with Gasteiger partial charge in [0, 0.05) is 16.3 Å². The Morgan fingerprint density at radius 3 is 2.23 bits per heavy atom. The molecule has 3 nitrogen and oxygen atoms in total. The molecule has 1 heterocycles. The van der Waals surface area contributed by atoms with Gasteiger partial charge in [-0.1, -0.05) is 72.8 Å². The first kappa shape index (κ1) is 20.1. The van der Waals surface area contributed by atoms with Crippen molar-refractivity contribution < 1.29 is 9.90 Å². The van der Waals surface area contributed by atoms with E-state index in [4.69, 9.17) is 5.11 Å². The summed E-state index contributed by atoms with van der Waals surface area (Å²) in [6, 6.07) is 29.6. The van der Waals surface area contributed by atoms with Gasteiger partial charge >= 0.3 is 5.97 Å². The molecule has 0 spiro atoms. The molecule has 0 amide bonds. The predicted molar refractivity (Wildman–Crippen MR) is 125 cm³/mol. The van der Waals surface area contributed by atoms with Gasteiger partial charge in [0.05, 0.1) is 6.54 Å². The van der Waals surface area contributed by atoms with Crippen LogP contribution in [0.1, 0.15) is 11.1 Å². The van der Waals surface area contributed by atoms with Crippen LogP contribution in [0, 0.1) is 6.92 Å². The van der Waals surface area contributed by atoms with Gasteiger partial charge in [0.2, 0.25) is 0 Å². The molecule has 0 fully saturated rings. The molecule has 2 N–H and O–H groups in total. The fraction of sp³-hybridized carbons (Fsp3) is 0.115. The van der Waals surface area contributed by atoms with Gasteiger partial charge in [-0.05, 0) is 52.4 Å². The van der Waals surface area contributed by atoms with Crippen LogP contribution >= 0.6 is 11.3 Å². The average Bonchev–Trinajstić information content (AvgIpc) is 3.25. The lowest BCUT2D eigenvalue weighted by Gasteiger charge is -2.10. The lowest BCUT2D eigenvalue weighted by Crippen LogP contribution is -2.21. The topological polar surface area (TPSA) is 49.3 Å². The van der Waals surface area contributed by atoms with Crippen LogP contribution in [0.2, 0.25) is 0 Å². The zero-order valence-electron chi connectivity index (χ0n) is 16.8. The van der Waals surface area contributed by atoms with Crippen LogP contribution in [0.4, 0.5) is 0 Å². The highest BCUT2D eigenvalue weighted by Crippen LogP contribution is 2.38. The van der Waals surface area contributed by atoms with Crippen LogP contribution < -0.4 is 5.32 Å². The highest BCUT2D eigenvalue weighted by molar-refractivity contribution is 7.18. The maximum absolute atomic E-state index is 10.6. The van der Waals surface area contributed by atoms with E-state index in [0.717, 1.165) is 5.56 Å². The Kier molecular flexibility index (Phi) is 6.07.